The van der Waals surface area contributed by atoms with Crippen LogP contribution in [-0.4, -0.2) is 44.6 Å². The third-order valence-electron chi connectivity index (χ3n) is 4.52. The smallest absolute Gasteiger partial charge is 0.410 e. The fourth-order valence-electron chi connectivity index (χ4n) is 1.92. The van der Waals surface area contributed by atoms with Gasteiger partial charge >= 0.3 is 6.09 Å². The zero-order valence-corrected chi connectivity index (χ0v) is 18.6. The minimum atomic E-state index is -1.66. The average molecular weight is 360 g/mol. The van der Waals surface area contributed by atoms with Crippen LogP contribution in [0, 0.1) is 0 Å². The summed E-state index contributed by atoms with van der Waals surface area (Å²) in [6, 6.07) is 0. The molecule has 4 nitrogen and oxygen atoms in total. The molecular formula is C19H41NO3Si. The van der Waals surface area contributed by atoms with Crippen LogP contribution in [0.25, 0.3) is 0 Å². The van der Waals surface area contributed by atoms with Crippen LogP contribution in [0.3, 0.4) is 0 Å². The second-order valence-corrected chi connectivity index (χ2v) is 13.9. The molecule has 0 aromatic heterocycles. The zero-order valence-electron chi connectivity index (χ0n) is 17.6. The Balaban J connectivity index is 4.31. The van der Waals surface area contributed by atoms with Crippen LogP contribution in [0.2, 0.25) is 18.1 Å². The maximum absolute atomic E-state index is 12.3. The first-order chi connectivity index (χ1) is 10.8. The summed E-state index contributed by atoms with van der Waals surface area (Å²) in [7, 11) is -1.66. The van der Waals surface area contributed by atoms with Crippen LogP contribution in [0.1, 0.15) is 74.1 Å². The van der Waals surface area contributed by atoms with Crippen molar-refractivity contribution in [3.63, 3.8) is 0 Å². The number of nitrogens with zero attached hydrogens (tertiary/aromatic N) is 1. The van der Waals surface area contributed by atoms with Crippen LogP contribution in [0.5, 0.6) is 0 Å². The largest absolute Gasteiger partial charge is 0.444 e. The van der Waals surface area contributed by atoms with Crippen LogP contribution in [0.4, 0.5) is 4.79 Å². The Labute approximate surface area is 151 Å². The quantitative estimate of drug-likeness (QED) is 0.384. The van der Waals surface area contributed by atoms with Crippen LogP contribution >= 0.6 is 0 Å². The Bertz CT molecular complexity index is 370. The average Bonchev–Trinajstić information content (AvgIpc) is 2.38. The van der Waals surface area contributed by atoms with Crippen molar-refractivity contribution in [3.05, 3.63) is 0 Å². The van der Waals surface area contributed by atoms with E-state index in [0.29, 0.717) is 0 Å². The van der Waals surface area contributed by atoms with Crippen molar-refractivity contribution in [2.75, 3.05) is 19.7 Å². The summed E-state index contributed by atoms with van der Waals surface area (Å²) in [5.74, 6) is 0. The van der Waals surface area contributed by atoms with Crippen LogP contribution in [0.15, 0.2) is 0 Å². The lowest BCUT2D eigenvalue weighted by atomic mass is 10.2. The third-order valence-corrected chi connectivity index (χ3v) is 9.06. The third kappa shape index (κ3) is 9.67. The van der Waals surface area contributed by atoms with Gasteiger partial charge in [0.1, 0.15) is 5.60 Å². The summed E-state index contributed by atoms with van der Waals surface area (Å²) < 4.78 is 11.7. The minimum Gasteiger partial charge on any atom is -0.444 e. The fraction of sp³-hybridized carbons (Fsp3) is 0.947. The number of amides is 1. The molecule has 0 spiro atoms. The van der Waals surface area contributed by atoms with Gasteiger partial charge in [-0.15, -0.1) is 0 Å². The predicted molar refractivity (Wildman–Crippen MR) is 105 cm³/mol. The molecule has 0 atom stereocenters. The maximum atomic E-state index is 12.3. The molecule has 1 amide bonds. The van der Waals surface area contributed by atoms with Gasteiger partial charge in [0.05, 0.1) is 0 Å². The van der Waals surface area contributed by atoms with Crippen molar-refractivity contribution < 1.29 is 14.0 Å². The number of unbranched alkanes of at least 4 members (excludes halogenated alkanes) is 2. The Hall–Kier alpha value is -0.553. The molecule has 0 saturated heterocycles. The van der Waals surface area contributed by atoms with E-state index in [9.17, 15) is 4.79 Å². The van der Waals surface area contributed by atoms with E-state index in [1.54, 1.807) is 0 Å². The van der Waals surface area contributed by atoms with Crippen molar-refractivity contribution in [1.82, 2.24) is 4.90 Å². The fourth-order valence-corrected chi connectivity index (χ4v) is 3.01. The van der Waals surface area contributed by atoms with E-state index >= 15 is 0 Å². The van der Waals surface area contributed by atoms with E-state index in [1.807, 2.05) is 25.7 Å². The highest BCUT2D eigenvalue weighted by Crippen LogP contribution is 2.36. The van der Waals surface area contributed by atoms with Crippen molar-refractivity contribution in [2.45, 2.75) is 97.9 Å². The second kappa shape index (κ2) is 9.81. The van der Waals surface area contributed by atoms with E-state index < -0.39 is 13.9 Å². The van der Waals surface area contributed by atoms with Crippen molar-refractivity contribution >= 4 is 14.4 Å². The summed E-state index contributed by atoms with van der Waals surface area (Å²) in [6.45, 7) is 21.5. The minimum absolute atomic E-state index is 0.193. The molecule has 0 bridgehead atoms. The molecule has 0 rings (SSSR count). The number of hydrogen-bond acceptors (Lipinski definition) is 3. The molecule has 0 aliphatic carbocycles. The van der Waals surface area contributed by atoms with Gasteiger partial charge in [0.15, 0.2) is 8.32 Å². The molecule has 0 aromatic carbocycles. The summed E-state index contributed by atoms with van der Waals surface area (Å²) in [5, 5.41) is 0.247. The summed E-state index contributed by atoms with van der Waals surface area (Å²) >= 11 is 0. The highest BCUT2D eigenvalue weighted by molar-refractivity contribution is 6.74. The van der Waals surface area contributed by atoms with E-state index in [-0.39, 0.29) is 11.1 Å². The van der Waals surface area contributed by atoms with Gasteiger partial charge < -0.3 is 14.1 Å². The highest BCUT2D eigenvalue weighted by Gasteiger charge is 2.36. The van der Waals surface area contributed by atoms with Crippen LogP contribution in [-0.2, 0) is 9.16 Å². The molecule has 0 unspecified atom stereocenters. The van der Waals surface area contributed by atoms with Gasteiger partial charge in [0.25, 0.3) is 0 Å². The number of ether oxygens (including phenoxy) is 1. The van der Waals surface area contributed by atoms with E-state index in [1.165, 1.54) is 0 Å². The summed E-state index contributed by atoms with van der Waals surface area (Å²) in [5.41, 5.74) is -0.438. The number of hydrogen-bond donors (Lipinski definition) is 0. The summed E-state index contributed by atoms with van der Waals surface area (Å²) in [4.78, 5) is 14.1. The lowest BCUT2D eigenvalue weighted by molar-refractivity contribution is 0.0242. The van der Waals surface area contributed by atoms with Crippen molar-refractivity contribution in [3.8, 4) is 0 Å². The lowest BCUT2D eigenvalue weighted by Gasteiger charge is -2.36. The SMILES string of the molecule is CCCCN(CCCCO[Si](C)(C)C(C)(C)C)C(=O)OC(C)(C)C. The first-order valence-corrected chi connectivity index (χ1v) is 12.3. The molecule has 0 fully saturated rings. The molecule has 0 aliphatic heterocycles. The second-order valence-electron chi connectivity index (χ2n) is 9.14. The molecular weight excluding hydrogens is 318 g/mol. The number of carbonyl (C=O) groups excluding carboxylic acids is 1. The van der Waals surface area contributed by atoms with Gasteiger partial charge in [0, 0.05) is 19.7 Å². The Morgan fingerprint density at radius 3 is 1.96 bits per heavy atom. The molecule has 0 radical (unpaired) electrons. The molecule has 0 aromatic rings. The topological polar surface area (TPSA) is 38.8 Å². The van der Waals surface area contributed by atoms with Gasteiger partial charge in [-0.3, -0.25) is 0 Å². The van der Waals surface area contributed by atoms with Crippen molar-refractivity contribution in [1.29, 1.82) is 0 Å². The normalized spacial score (nSPS) is 13.0. The molecule has 0 heterocycles. The van der Waals surface area contributed by atoms with Gasteiger partial charge in [-0.1, -0.05) is 34.1 Å². The number of rotatable bonds is 9. The standard InChI is InChI=1S/C19H41NO3Si/c1-10-11-14-20(17(21)23-18(2,3)4)15-12-13-16-22-24(8,9)19(5,6)7/h10-16H2,1-9H3. The van der Waals surface area contributed by atoms with E-state index in [4.69, 9.17) is 9.16 Å². The molecule has 0 saturated carbocycles. The Kier molecular flexibility index (Phi) is 9.58. The van der Waals surface area contributed by atoms with Gasteiger partial charge in [-0.05, 0) is 58.2 Å². The molecule has 144 valence electrons. The molecule has 5 heteroatoms. The molecule has 0 aliphatic rings. The summed E-state index contributed by atoms with van der Waals surface area (Å²) in [6.07, 6.45) is 3.84. The maximum Gasteiger partial charge on any atom is 0.410 e. The monoisotopic (exact) mass is 359 g/mol. The Morgan fingerprint density at radius 2 is 1.50 bits per heavy atom. The first kappa shape index (κ1) is 23.4. The van der Waals surface area contributed by atoms with E-state index in [2.05, 4.69) is 40.8 Å². The lowest BCUT2D eigenvalue weighted by Crippen LogP contribution is -2.41. The van der Waals surface area contributed by atoms with Gasteiger partial charge in [-0.2, -0.15) is 0 Å². The van der Waals surface area contributed by atoms with Crippen molar-refractivity contribution in [2.24, 2.45) is 0 Å². The molecule has 24 heavy (non-hydrogen) atoms. The van der Waals surface area contributed by atoms with Gasteiger partial charge in [-0.25, -0.2) is 4.79 Å². The number of carbonyl (C=O) groups is 1. The first-order valence-electron chi connectivity index (χ1n) is 9.42. The van der Waals surface area contributed by atoms with Gasteiger partial charge in [0.2, 0.25) is 0 Å². The zero-order chi connectivity index (χ0) is 19.0. The molecule has 0 N–H and O–H groups in total. The Morgan fingerprint density at radius 1 is 0.958 bits per heavy atom. The van der Waals surface area contributed by atoms with Crippen LogP contribution < -0.4 is 0 Å². The predicted octanol–water partition coefficient (Wildman–Crippen LogP) is 5.83. The highest BCUT2D eigenvalue weighted by atomic mass is 28.4. The van der Waals surface area contributed by atoms with E-state index in [0.717, 1.165) is 45.4 Å².